The van der Waals surface area contributed by atoms with Gasteiger partial charge in [-0.05, 0) is 37.1 Å². The van der Waals surface area contributed by atoms with Crippen LogP contribution >= 0.6 is 0 Å². The number of para-hydroxylation sites is 1. The zero-order valence-electron chi connectivity index (χ0n) is 13.5. The van der Waals surface area contributed by atoms with Crippen LogP contribution in [-0.4, -0.2) is 22.5 Å². The van der Waals surface area contributed by atoms with Crippen molar-refractivity contribution in [2.75, 3.05) is 4.90 Å². The van der Waals surface area contributed by atoms with E-state index in [-0.39, 0.29) is 5.91 Å². The van der Waals surface area contributed by atoms with Gasteiger partial charge in [0.1, 0.15) is 5.54 Å². The van der Waals surface area contributed by atoms with Crippen molar-refractivity contribution < 1.29 is 14.7 Å². The van der Waals surface area contributed by atoms with Crippen LogP contribution in [0.5, 0.6) is 0 Å². The highest BCUT2D eigenvalue weighted by atomic mass is 16.4. The van der Waals surface area contributed by atoms with Crippen molar-refractivity contribution in [3.63, 3.8) is 0 Å². The number of benzene rings is 2. The molecule has 1 aliphatic carbocycles. The number of aliphatic carboxylic acids is 1. The number of hydrogen-bond donors (Lipinski definition) is 1. The molecule has 0 aliphatic heterocycles. The number of rotatable bonds is 4. The third-order valence-corrected chi connectivity index (χ3v) is 4.75. The van der Waals surface area contributed by atoms with E-state index < -0.39 is 11.5 Å². The summed E-state index contributed by atoms with van der Waals surface area (Å²) < 4.78 is 0. The average molecular weight is 323 g/mol. The van der Waals surface area contributed by atoms with Gasteiger partial charge < -0.3 is 5.11 Å². The van der Waals surface area contributed by atoms with Crippen molar-refractivity contribution in [3.8, 4) is 0 Å². The maximum atomic E-state index is 13.2. The van der Waals surface area contributed by atoms with Gasteiger partial charge in [-0.1, -0.05) is 55.7 Å². The number of hydrogen-bond acceptors (Lipinski definition) is 2. The van der Waals surface area contributed by atoms with Crippen LogP contribution in [0.1, 0.15) is 42.5 Å². The highest BCUT2D eigenvalue weighted by Gasteiger charge is 2.48. The molecule has 4 nitrogen and oxygen atoms in total. The third-order valence-electron chi connectivity index (χ3n) is 4.75. The number of carboxylic acids is 1. The number of carbonyl (C=O) groups is 2. The van der Waals surface area contributed by atoms with Crippen LogP contribution < -0.4 is 4.90 Å². The Morgan fingerprint density at radius 3 is 1.92 bits per heavy atom. The quantitative estimate of drug-likeness (QED) is 0.920. The minimum Gasteiger partial charge on any atom is -0.479 e. The minimum atomic E-state index is -1.17. The molecule has 4 heteroatoms. The van der Waals surface area contributed by atoms with Gasteiger partial charge in [-0.25, -0.2) is 4.79 Å². The first-order valence-electron chi connectivity index (χ1n) is 8.33. The molecule has 1 fully saturated rings. The SMILES string of the molecule is O=C(c1ccccc1)N(c1ccccc1)C1(C(=O)O)CCCCC1. The molecule has 3 rings (SSSR count). The second-order valence-electron chi connectivity index (χ2n) is 6.24. The molecule has 0 unspecified atom stereocenters. The summed E-state index contributed by atoms with van der Waals surface area (Å²) in [5, 5.41) is 10.0. The summed E-state index contributed by atoms with van der Waals surface area (Å²) >= 11 is 0. The summed E-state index contributed by atoms with van der Waals surface area (Å²) in [4.78, 5) is 27.0. The molecular weight excluding hydrogens is 302 g/mol. The van der Waals surface area contributed by atoms with Gasteiger partial charge in [0, 0.05) is 11.3 Å². The van der Waals surface area contributed by atoms with Gasteiger partial charge in [0.25, 0.3) is 5.91 Å². The van der Waals surface area contributed by atoms with E-state index in [4.69, 9.17) is 0 Å². The Bertz CT molecular complexity index is 706. The highest BCUT2D eigenvalue weighted by molar-refractivity contribution is 6.10. The summed E-state index contributed by atoms with van der Waals surface area (Å²) in [6, 6.07) is 18.0. The van der Waals surface area contributed by atoms with E-state index in [1.54, 1.807) is 36.4 Å². The minimum absolute atomic E-state index is 0.258. The van der Waals surface area contributed by atoms with Crippen molar-refractivity contribution in [2.45, 2.75) is 37.6 Å². The molecule has 1 N–H and O–H groups in total. The van der Waals surface area contributed by atoms with E-state index in [1.807, 2.05) is 24.3 Å². The van der Waals surface area contributed by atoms with Crippen LogP contribution in [0.2, 0.25) is 0 Å². The lowest BCUT2D eigenvalue weighted by atomic mass is 9.79. The third kappa shape index (κ3) is 2.92. The van der Waals surface area contributed by atoms with Gasteiger partial charge in [0.15, 0.2) is 0 Å². The molecule has 1 saturated carbocycles. The van der Waals surface area contributed by atoms with Gasteiger partial charge in [-0.2, -0.15) is 0 Å². The number of carboxylic acid groups (broad SMARTS) is 1. The Kier molecular flexibility index (Phi) is 4.65. The van der Waals surface area contributed by atoms with Crippen LogP contribution in [0.15, 0.2) is 60.7 Å². The van der Waals surface area contributed by atoms with Crippen molar-refractivity contribution in [1.29, 1.82) is 0 Å². The fourth-order valence-corrected chi connectivity index (χ4v) is 3.52. The van der Waals surface area contributed by atoms with E-state index in [2.05, 4.69) is 0 Å². The van der Waals surface area contributed by atoms with Gasteiger partial charge >= 0.3 is 5.97 Å². The topological polar surface area (TPSA) is 57.6 Å². The lowest BCUT2D eigenvalue weighted by molar-refractivity contribution is -0.144. The molecule has 0 bridgehead atoms. The van der Waals surface area contributed by atoms with E-state index >= 15 is 0 Å². The maximum absolute atomic E-state index is 13.2. The van der Waals surface area contributed by atoms with E-state index in [1.165, 1.54) is 4.90 Å². The smallest absolute Gasteiger partial charge is 0.330 e. The first-order chi connectivity index (χ1) is 11.6. The Labute approximate surface area is 141 Å². The summed E-state index contributed by atoms with van der Waals surface area (Å²) in [5.41, 5.74) is -0.0322. The molecule has 24 heavy (non-hydrogen) atoms. The maximum Gasteiger partial charge on any atom is 0.330 e. The van der Waals surface area contributed by atoms with Gasteiger partial charge in [0.05, 0.1) is 0 Å². The Balaban J connectivity index is 2.11. The van der Waals surface area contributed by atoms with Crippen LogP contribution in [0, 0.1) is 0 Å². The second kappa shape index (κ2) is 6.87. The molecule has 2 aromatic carbocycles. The Morgan fingerprint density at radius 1 is 0.833 bits per heavy atom. The van der Waals surface area contributed by atoms with E-state index in [0.29, 0.717) is 24.1 Å². The Morgan fingerprint density at radius 2 is 1.38 bits per heavy atom. The summed E-state index contributed by atoms with van der Waals surface area (Å²) in [7, 11) is 0. The van der Waals surface area contributed by atoms with Gasteiger partial charge in [-0.15, -0.1) is 0 Å². The molecule has 0 heterocycles. The molecule has 0 atom stereocenters. The summed E-state index contributed by atoms with van der Waals surface area (Å²) in [5.74, 6) is -1.18. The first kappa shape index (κ1) is 16.2. The molecule has 0 aromatic heterocycles. The predicted molar refractivity (Wildman–Crippen MR) is 93.1 cm³/mol. The Hall–Kier alpha value is -2.62. The first-order valence-corrected chi connectivity index (χ1v) is 8.33. The molecule has 0 spiro atoms. The summed E-state index contributed by atoms with van der Waals surface area (Å²) in [6.45, 7) is 0. The molecule has 124 valence electrons. The number of nitrogens with zero attached hydrogens (tertiary/aromatic N) is 1. The molecule has 1 amide bonds. The zero-order valence-corrected chi connectivity index (χ0v) is 13.5. The van der Waals surface area contributed by atoms with Gasteiger partial charge in [-0.3, -0.25) is 9.69 Å². The van der Waals surface area contributed by atoms with E-state index in [0.717, 1.165) is 19.3 Å². The van der Waals surface area contributed by atoms with Crippen molar-refractivity contribution >= 4 is 17.6 Å². The molecule has 1 aliphatic rings. The number of anilines is 1. The van der Waals surface area contributed by atoms with Crippen LogP contribution in [0.4, 0.5) is 5.69 Å². The lowest BCUT2D eigenvalue weighted by Crippen LogP contribution is -2.58. The van der Waals surface area contributed by atoms with Crippen molar-refractivity contribution in [3.05, 3.63) is 66.2 Å². The molecule has 0 saturated heterocycles. The monoisotopic (exact) mass is 323 g/mol. The normalized spacial score (nSPS) is 16.3. The number of carbonyl (C=O) groups excluding carboxylic acids is 1. The molecule has 0 radical (unpaired) electrons. The lowest BCUT2D eigenvalue weighted by Gasteiger charge is -2.43. The second-order valence-corrected chi connectivity index (χ2v) is 6.24. The number of amides is 1. The van der Waals surface area contributed by atoms with Crippen LogP contribution in [0.3, 0.4) is 0 Å². The summed E-state index contributed by atoms with van der Waals surface area (Å²) in [6.07, 6.45) is 3.61. The van der Waals surface area contributed by atoms with Crippen molar-refractivity contribution in [1.82, 2.24) is 0 Å². The van der Waals surface area contributed by atoms with Crippen molar-refractivity contribution in [2.24, 2.45) is 0 Å². The standard InChI is InChI=1S/C20H21NO3/c22-18(16-10-4-1-5-11-16)21(17-12-6-2-7-13-17)20(19(23)24)14-8-3-9-15-20/h1-2,4-7,10-13H,3,8-9,14-15H2,(H,23,24). The van der Waals surface area contributed by atoms with E-state index in [9.17, 15) is 14.7 Å². The van der Waals surface area contributed by atoms with Crippen LogP contribution in [0.25, 0.3) is 0 Å². The fraction of sp³-hybridized carbons (Fsp3) is 0.300. The average Bonchev–Trinajstić information content (AvgIpc) is 2.64. The zero-order chi connectivity index (χ0) is 17.0. The molecular formula is C20H21NO3. The highest BCUT2D eigenvalue weighted by Crippen LogP contribution is 2.38. The van der Waals surface area contributed by atoms with Gasteiger partial charge in [0.2, 0.25) is 0 Å². The fourth-order valence-electron chi connectivity index (χ4n) is 3.52. The molecule has 2 aromatic rings. The largest absolute Gasteiger partial charge is 0.479 e. The predicted octanol–water partition coefficient (Wildman–Crippen LogP) is 4.12. The van der Waals surface area contributed by atoms with Crippen LogP contribution in [-0.2, 0) is 4.79 Å².